The molecule has 19 heavy (non-hydrogen) atoms. The molecule has 100 valence electrons. The van der Waals surface area contributed by atoms with Crippen LogP contribution in [0.5, 0.6) is 5.75 Å². The second-order valence-corrected chi connectivity index (χ2v) is 5.79. The molecule has 2 aromatic rings. The Hall–Kier alpha value is -1.01. The highest BCUT2D eigenvalue weighted by Gasteiger charge is 2.12. The second kappa shape index (κ2) is 5.96. The minimum absolute atomic E-state index is 0.0745. The molecule has 0 radical (unpaired) electrons. The number of hydrogen-bond acceptors (Lipinski definition) is 2. The van der Waals surface area contributed by atoms with Crippen LogP contribution >= 0.6 is 34.2 Å². The van der Waals surface area contributed by atoms with Gasteiger partial charge in [0.1, 0.15) is 11.6 Å². The van der Waals surface area contributed by atoms with Gasteiger partial charge in [0.2, 0.25) is 0 Å². The normalized spacial score (nSPS) is 12.2. The number of phenolic OH excluding ortho intramolecular Hbond substituents is 1. The molecule has 0 aromatic heterocycles. The van der Waals surface area contributed by atoms with Crippen LogP contribution in [-0.2, 0) is 0 Å². The van der Waals surface area contributed by atoms with Crippen molar-refractivity contribution < 1.29 is 9.50 Å². The Kier molecular flexibility index (Phi) is 4.52. The molecule has 1 unspecified atom stereocenters. The number of aromatic hydroxyl groups is 1. The summed E-state index contributed by atoms with van der Waals surface area (Å²) < 4.78 is 14.7. The Morgan fingerprint density at radius 1 is 1.26 bits per heavy atom. The molecule has 1 atom stereocenters. The van der Waals surface area contributed by atoms with Crippen molar-refractivity contribution in [1.29, 1.82) is 0 Å². The molecule has 0 heterocycles. The van der Waals surface area contributed by atoms with Crippen LogP contribution in [-0.4, -0.2) is 5.11 Å². The van der Waals surface area contributed by atoms with E-state index in [9.17, 15) is 9.50 Å². The Bertz CT molecular complexity index is 606. The third-order valence-corrected chi connectivity index (χ3v) is 3.88. The number of anilines is 1. The van der Waals surface area contributed by atoms with Crippen LogP contribution in [0, 0.1) is 9.39 Å². The van der Waals surface area contributed by atoms with Crippen molar-refractivity contribution in [2.75, 3.05) is 5.32 Å². The lowest BCUT2D eigenvalue weighted by atomic mass is 10.1. The van der Waals surface area contributed by atoms with E-state index in [0.29, 0.717) is 10.6 Å². The van der Waals surface area contributed by atoms with E-state index in [1.54, 1.807) is 12.1 Å². The summed E-state index contributed by atoms with van der Waals surface area (Å²) >= 11 is 8.06. The first-order chi connectivity index (χ1) is 8.97. The fourth-order valence-electron chi connectivity index (χ4n) is 1.78. The van der Waals surface area contributed by atoms with Crippen molar-refractivity contribution in [3.8, 4) is 5.75 Å². The monoisotopic (exact) mass is 391 g/mol. The van der Waals surface area contributed by atoms with Gasteiger partial charge in [-0.1, -0.05) is 17.7 Å². The first-order valence-corrected chi connectivity index (χ1v) is 7.13. The molecule has 0 saturated carbocycles. The molecule has 0 amide bonds. The van der Waals surface area contributed by atoms with Crippen molar-refractivity contribution in [2.24, 2.45) is 0 Å². The topological polar surface area (TPSA) is 32.3 Å². The van der Waals surface area contributed by atoms with Gasteiger partial charge in [0.25, 0.3) is 0 Å². The third-order valence-electron chi connectivity index (χ3n) is 2.75. The first kappa shape index (κ1) is 14.4. The van der Waals surface area contributed by atoms with E-state index in [2.05, 4.69) is 27.9 Å². The predicted molar refractivity (Wildman–Crippen MR) is 84.3 cm³/mol. The van der Waals surface area contributed by atoms with Crippen LogP contribution in [0.15, 0.2) is 36.4 Å². The van der Waals surface area contributed by atoms with Crippen molar-refractivity contribution in [1.82, 2.24) is 0 Å². The fourth-order valence-corrected chi connectivity index (χ4v) is 2.81. The fraction of sp³-hybridized carbons (Fsp3) is 0.143. The van der Waals surface area contributed by atoms with E-state index in [1.165, 1.54) is 6.07 Å². The summed E-state index contributed by atoms with van der Waals surface area (Å²) in [5, 5.41) is 13.1. The molecule has 0 fully saturated rings. The summed E-state index contributed by atoms with van der Waals surface area (Å²) in [5.41, 5.74) is 1.40. The van der Waals surface area contributed by atoms with Crippen molar-refractivity contribution in [3.63, 3.8) is 0 Å². The lowest BCUT2D eigenvalue weighted by Crippen LogP contribution is -2.09. The lowest BCUT2D eigenvalue weighted by Gasteiger charge is -2.17. The maximum atomic E-state index is 13.7. The highest BCUT2D eigenvalue weighted by molar-refractivity contribution is 14.1. The van der Waals surface area contributed by atoms with Gasteiger partial charge in [-0.25, -0.2) is 4.39 Å². The summed E-state index contributed by atoms with van der Waals surface area (Å²) in [6, 6.07) is 9.43. The van der Waals surface area contributed by atoms with Gasteiger partial charge in [-0.3, -0.25) is 0 Å². The van der Waals surface area contributed by atoms with Crippen LogP contribution in [0.1, 0.15) is 18.5 Å². The summed E-state index contributed by atoms with van der Waals surface area (Å²) in [4.78, 5) is 0. The van der Waals surface area contributed by atoms with Crippen LogP contribution in [0.25, 0.3) is 0 Å². The molecular formula is C14H12ClFINO. The number of halogens is 3. The van der Waals surface area contributed by atoms with Crippen LogP contribution in [0.4, 0.5) is 10.1 Å². The van der Waals surface area contributed by atoms with E-state index >= 15 is 0 Å². The Morgan fingerprint density at radius 3 is 2.63 bits per heavy atom. The van der Waals surface area contributed by atoms with Gasteiger partial charge < -0.3 is 10.4 Å². The van der Waals surface area contributed by atoms with E-state index in [1.807, 2.05) is 19.1 Å². The van der Waals surface area contributed by atoms with E-state index in [-0.39, 0.29) is 11.8 Å². The zero-order valence-electron chi connectivity index (χ0n) is 10.1. The quantitative estimate of drug-likeness (QED) is 0.725. The van der Waals surface area contributed by atoms with Crippen molar-refractivity contribution >= 4 is 39.9 Å². The maximum absolute atomic E-state index is 13.7. The molecular weight excluding hydrogens is 380 g/mol. The maximum Gasteiger partial charge on any atom is 0.132 e. The lowest BCUT2D eigenvalue weighted by molar-refractivity contribution is 0.467. The molecule has 2 aromatic carbocycles. The van der Waals surface area contributed by atoms with Gasteiger partial charge in [0.15, 0.2) is 0 Å². The van der Waals surface area contributed by atoms with Gasteiger partial charge in [0.05, 0.1) is 6.04 Å². The van der Waals surface area contributed by atoms with Gasteiger partial charge >= 0.3 is 0 Å². The molecule has 0 spiro atoms. The summed E-state index contributed by atoms with van der Waals surface area (Å²) in [7, 11) is 0. The minimum Gasteiger partial charge on any atom is -0.508 e. The highest BCUT2D eigenvalue weighted by atomic mass is 127. The molecule has 2 rings (SSSR count). The standard InChI is InChI=1S/C14H12ClFINO/c1-8(11-4-3-10(19)7-12(11)16)18-14-5-2-9(15)6-13(14)17/h2-8,18-19H,1H3. The average molecular weight is 392 g/mol. The SMILES string of the molecule is CC(Nc1ccc(Cl)cc1I)c1ccc(O)cc1F. The van der Waals surface area contributed by atoms with Gasteiger partial charge in [0, 0.05) is 25.9 Å². The predicted octanol–water partition coefficient (Wildman–Crippen LogP) is 4.96. The molecule has 0 bridgehead atoms. The van der Waals surface area contributed by atoms with Gasteiger partial charge in [-0.15, -0.1) is 0 Å². The Morgan fingerprint density at radius 2 is 2.00 bits per heavy atom. The number of rotatable bonds is 3. The summed E-state index contributed by atoms with van der Waals surface area (Å²) in [5.74, 6) is -0.501. The number of hydrogen-bond donors (Lipinski definition) is 2. The number of nitrogens with one attached hydrogen (secondary N) is 1. The molecule has 2 N–H and O–H groups in total. The molecule has 0 aliphatic rings. The van der Waals surface area contributed by atoms with Crippen LogP contribution in [0.3, 0.4) is 0 Å². The Balaban J connectivity index is 2.23. The second-order valence-electron chi connectivity index (χ2n) is 4.20. The van der Waals surface area contributed by atoms with Crippen LogP contribution in [0.2, 0.25) is 5.02 Å². The largest absolute Gasteiger partial charge is 0.508 e. The zero-order valence-corrected chi connectivity index (χ0v) is 13.0. The molecule has 0 saturated heterocycles. The van der Waals surface area contributed by atoms with Gasteiger partial charge in [-0.05, 0) is 53.8 Å². The molecule has 2 nitrogen and oxygen atoms in total. The highest BCUT2D eigenvalue weighted by Crippen LogP contribution is 2.28. The van der Waals surface area contributed by atoms with Crippen molar-refractivity contribution in [3.05, 3.63) is 56.4 Å². The summed E-state index contributed by atoms with van der Waals surface area (Å²) in [6.45, 7) is 1.86. The van der Waals surface area contributed by atoms with Crippen molar-refractivity contribution in [2.45, 2.75) is 13.0 Å². The zero-order chi connectivity index (χ0) is 14.0. The van der Waals surface area contributed by atoms with Crippen LogP contribution < -0.4 is 5.32 Å². The number of benzene rings is 2. The smallest absolute Gasteiger partial charge is 0.132 e. The van der Waals surface area contributed by atoms with E-state index in [0.717, 1.165) is 15.3 Å². The first-order valence-electron chi connectivity index (χ1n) is 5.67. The molecule has 0 aliphatic carbocycles. The summed E-state index contributed by atoms with van der Waals surface area (Å²) in [6.07, 6.45) is 0. The molecule has 5 heteroatoms. The van der Waals surface area contributed by atoms with E-state index < -0.39 is 5.82 Å². The Labute approximate surface area is 129 Å². The average Bonchev–Trinajstić information content (AvgIpc) is 2.32. The van der Waals surface area contributed by atoms with Gasteiger partial charge in [-0.2, -0.15) is 0 Å². The third kappa shape index (κ3) is 3.51. The minimum atomic E-state index is -0.427. The molecule has 0 aliphatic heterocycles. The number of phenols is 1. The van der Waals surface area contributed by atoms with E-state index in [4.69, 9.17) is 11.6 Å².